The molecule has 2 aromatic rings. The van der Waals surface area contributed by atoms with Crippen LogP contribution in [0.15, 0.2) is 23.4 Å². The van der Waals surface area contributed by atoms with Crippen molar-refractivity contribution in [3.05, 3.63) is 41.2 Å². The zero-order valence-corrected chi connectivity index (χ0v) is 12.4. The summed E-state index contributed by atoms with van der Waals surface area (Å²) in [7, 11) is -2.17. The Hall–Kier alpha value is -1.84. The molecule has 0 saturated heterocycles. The van der Waals surface area contributed by atoms with Crippen molar-refractivity contribution in [1.29, 1.82) is 0 Å². The Morgan fingerprint density at radius 2 is 2.14 bits per heavy atom. The lowest BCUT2D eigenvalue weighted by molar-refractivity contribution is 0.275. The van der Waals surface area contributed by atoms with E-state index in [-0.39, 0.29) is 22.6 Å². The maximum Gasteiger partial charge on any atom is 0.241 e. The number of nitrogens with one attached hydrogen (secondary N) is 1. The van der Waals surface area contributed by atoms with E-state index >= 15 is 0 Å². The monoisotopic (exact) mass is 314 g/mol. The third-order valence-corrected chi connectivity index (χ3v) is 4.23. The minimum atomic E-state index is -3.84. The highest BCUT2D eigenvalue weighted by Crippen LogP contribution is 2.19. The molecule has 0 fully saturated rings. The second kappa shape index (κ2) is 5.88. The van der Waals surface area contributed by atoms with Gasteiger partial charge in [0.25, 0.3) is 0 Å². The molecule has 0 saturated carbocycles. The zero-order valence-electron chi connectivity index (χ0n) is 11.5. The van der Waals surface area contributed by atoms with Gasteiger partial charge in [0, 0.05) is 12.6 Å². The molecule has 0 amide bonds. The Morgan fingerprint density at radius 3 is 2.71 bits per heavy atom. The lowest BCUT2D eigenvalue weighted by Crippen LogP contribution is -2.24. The minimum Gasteiger partial charge on any atom is -0.392 e. The number of aliphatic hydroxyl groups is 1. The highest BCUT2D eigenvalue weighted by molar-refractivity contribution is 7.89. The van der Waals surface area contributed by atoms with Crippen molar-refractivity contribution in [2.24, 2.45) is 7.05 Å². The first-order valence-electron chi connectivity index (χ1n) is 6.07. The topological polar surface area (TPSA) is 97.1 Å². The third kappa shape index (κ3) is 3.43. The molecule has 2 N–H and O–H groups in total. The summed E-state index contributed by atoms with van der Waals surface area (Å²) in [4.78, 5) is 3.79. The number of hydrogen-bond donors (Lipinski definition) is 2. The molecule has 7 nitrogen and oxygen atoms in total. The van der Waals surface area contributed by atoms with Crippen molar-refractivity contribution >= 4 is 10.0 Å². The summed E-state index contributed by atoms with van der Waals surface area (Å²) >= 11 is 0. The first-order chi connectivity index (χ1) is 9.83. The van der Waals surface area contributed by atoms with E-state index in [9.17, 15) is 12.8 Å². The average Bonchev–Trinajstić information content (AvgIpc) is 2.85. The van der Waals surface area contributed by atoms with Crippen molar-refractivity contribution < 1.29 is 17.9 Å². The molecule has 0 aliphatic carbocycles. The number of sulfonamides is 1. The second-order valence-corrected chi connectivity index (χ2v) is 6.30. The first kappa shape index (κ1) is 15.5. The van der Waals surface area contributed by atoms with Crippen LogP contribution in [-0.2, 0) is 30.2 Å². The van der Waals surface area contributed by atoms with Crippen LogP contribution < -0.4 is 4.72 Å². The van der Waals surface area contributed by atoms with Gasteiger partial charge in [0.05, 0.1) is 18.0 Å². The van der Waals surface area contributed by atoms with Crippen LogP contribution >= 0.6 is 0 Å². The van der Waals surface area contributed by atoms with Gasteiger partial charge in [-0.25, -0.2) is 22.5 Å². The van der Waals surface area contributed by atoms with Gasteiger partial charge in [-0.05, 0) is 24.6 Å². The van der Waals surface area contributed by atoms with E-state index in [1.54, 1.807) is 7.05 Å². The number of aryl methyl sites for hydroxylation is 2. The Labute approximate surface area is 121 Å². The number of hydrogen-bond acceptors (Lipinski definition) is 5. The molecular formula is C12H15FN4O3S. The maximum atomic E-state index is 13.6. The first-order valence-corrected chi connectivity index (χ1v) is 7.56. The average molecular weight is 314 g/mol. The zero-order chi connectivity index (χ0) is 15.6. The normalized spacial score (nSPS) is 11.8. The van der Waals surface area contributed by atoms with E-state index in [2.05, 4.69) is 14.8 Å². The minimum absolute atomic E-state index is 0.0636. The number of halogens is 1. The highest BCUT2D eigenvalue weighted by atomic mass is 32.2. The molecule has 114 valence electrons. The van der Waals surface area contributed by atoms with Crippen LogP contribution in [0.25, 0.3) is 0 Å². The number of rotatable bonds is 5. The summed E-state index contributed by atoms with van der Waals surface area (Å²) in [6.45, 7) is 0.791. The van der Waals surface area contributed by atoms with Gasteiger partial charge in [0.15, 0.2) is 5.82 Å². The Morgan fingerprint density at radius 1 is 1.43 bits per heavy atom. The van der Waals surface area contributed by atoms with Crippen LogP contribution in [-0.4, -0.2) is 28.3 Å². The number of benzene rings is 1. The molecule has 9 heteroatoms. The van der Waals surface area contributed by atoms with Gasteiger partial charge in [-0.3, -0.25) is 4.68 Å². The standard InChI is InChI=1S/C12H15FN4O3S/c1-8-3-10(4-9(6-18)12(8)13)21(19,20)15-5-11-14-7-17(2)16-11/h3-4,7,15,18H,5-6H2,1-2H3. The van der Waals surface area contributed by atoms with Gasteiger partial charge in [-0.1, -0.05) is 0 Å². The molecule has 0 aliphatic heterocycles. The van der Waals surface area contributed by atoms with Crippen LogP contribution in [0, 0.1) is 12.7 Å². The molecule has 1 aromatic heterocycles. The number of aromatic nitrogens is 3. The lowest BCUT2D eigenvalue weighted by Gasteiger charge is -2.09. The summed E-state index contributed by atoms with van der Waals surface area (Å²) in [5.41, 5.74) is 0.0872. The quantitative estimate of drug-likeness (QED) is 0.823. The molecule has 0 bridgehead atoms. The Kier molecular flexibility index (Phi) is 4.35. The van der Waals surface area contributed by atoms with Gasteiger partial charge < -0.3 is 5.11 Å². The summed E-state index contributed by atoms with van der Waals surface area (Å²) in [6.07, 6.45) is 1.45. The van der Waals surface area contributed by atoms with E-state index in [1.165, 1.54) is 24.0 Å². The molecule has 2 rings (SSSR count). The largest absolute Gasteiger partial charge is 0.392 e. The molecule has 0 atom stereocenters. The van der Waals surface area contributed by atoms with Crippen molar-refractivity contribution in [1.82, 2.24) is 19.5 Å². The molecule has 1 aromatic carbocycles. The summed E-state index contributed by atoms with van der Waals surface area (Å²) in [5.74, 6) is -0.287. The second-order valence-electron chi connectivity index (χ2n) is 4.53. The molecule has 0 radical (unpaired) electrons. The molecule has 0 spiro atoms. The Balaban J connectivity index is 2.25. The van der Waals surface area contributed by atoms with E-state index in [0.29, 0.717) is 5.82 Å². The van der Waals surface area contributed by atoms with E-state index in [1.807, 2.05) is 0 Å². The van der Waals surface area contributed by atoms with Crippen molar-refractivity contribution in [3.63, 3.8) is 0 Å². The van der Waals surface area contributed by atoms with Crippen molar-refractivity contribution in [3.8, 4) is 0 Å². The van der Waals surface area contributed by atoms with Gasteiger partial charge in [-0.2, -0.15) is 5.10 Å². The van der Waals surface area contributed by atoms with Crippen LogP contribution in [0.5, 0.6) is 0 Å². The number of nitrogens with zero attached hydrogens (tertiary/aromatic N) is 3. The van der Waals surface area contributed by atoms with E-state index in [0.717, 1.165) is 6.07 Å². The van der Waals surface area contributed by atoms with E-state index < -0.39 is 22.4 Å². The molecule has 21 heavy (non-hydrogen) atoms. The van der Waals surface area contributed by atoms with Gasteiger partial charge in [0.2, 0.25) is 10.0 Å². The summed E-state index contributed by atoms with van der Waals surface area (Å²) in [5, 5.41) is 13.0. The Bertz CT molecular complexity index is 758. The summed E-state index contributed by atoms with van der Waals surface area (Å²) < 4.78 is 41.7. The fourth-order valence-corrected chi connectivity index (χ4v) is 2.90. The predicted octanol–water partition coefficient (Wildman–Crippen LogP) is 0.233. The molecule has 0 unspecified atom stereocenters. The highest BCUT2D eigenvalue weighted by Gasteiger charge is 2.18. The predicted molar refractivity (Wildman–Crippen MR) is 72.1 cm³/mol. The van der Waals surface area contributed by atoms with Gasteiger partial charge in [0.1, 0.15) is 12.1 Å². The lowest BCUT2D eigenvalue weighted by atomic mass is 10.1. The maximum absolute atomic E-state index is 13.6. The third-order valence-electron chi connectivity index (χ3n) is 2.85. The smallest absolute Gasteiger partial charge is 0.241 e. The molecule has 0 aliphatic rings. The number of aliphatic hydroxyl groups excluding tert-OH is 1. The van der Waals surface area contributed by atoms with Crippen LogP contribution in [0.2, 0.25) is 0 Å². The van der Waals surface area contributed by atoms with Gasteiger partial charge in [-0.15, -0.1) is 0 Å². The molecule has 1 heterocycles. The van der Waals surface area contributed by atoms with Crippen LogP contribution in [0.3, 0.4) is 0 Å². The van der Waals surface area contributed by atoms with Gasteiger partial charge >= 0.3 is 0 Å². The van der Waals surface area contributed by atoms with Crippen molar-refractivity contribution in [2.75, 3.05) is 0 Å². The van der Waals surface area contributed by atoms with E-state index in [4.69, 9.17) is 5.11 Å². The fraction of sp³-hybridized carbons (Fsp3) is 0.333. The van der Waals surface area contributed by atoms with Crippen LogP contribution in [0.4, 0.5) is 4.39 Å². The molecular weight excluding hydrogens is 299 g/mol. The summed E-state index contributed by atoms with van der Waals surface area (Å²) in [6, 6.07) is 2.32. The van der Waals surface area contributed by atoms with Crippen molar-refractivity contribution in [2.45, 2.75) is 25.0 Å². The fourth-order valence-electron chi connectivity index (χ4n) is 1.78. The van der Waals surface area contributed by atoms with Crippen LogP contribution in [0.1, 0.15) is 17.0 Å². The SMILES string of the molecule is Cc1cc(S(=O)(=O)NCc2ncn(C)n2)cc(CO)c1F.